The van der Waals surface area contributed by atoms with Gasteiger partial charge >= 0.3 is 0 Å². The number of H-pyrrole nitrogens is 1. The van der Waals surface area contributed by atoms with Crippen molar-refractivity contribution < 1.29 is 4.79 Å². The van der Waals surface area contributed by atoms with Gasteiger partial charge in [0.25, 0.3) is 5.91 Å². The molecule has 0 aliphatic rings. The summed E-state index contributed by atoms with van der Waals surface area (Å²) >= 11 is 0. The maximum absolute atomic E-state index is 12.6. The van der Waals surface area contributed by atoms with Crippen LogP contribution in [-0.2, 0) is 0 Å². The molecule has 1 aromatic carbocycles. The first-order valence-electron chi connectivity index (χ1n) is 7.03. The van der Waals surface area contributed by atoms with E-state index in [2.05, 4.69) is 18.8 Å². The number of nitrogens with zero attached hydrogens (tertiary/aromatic N) is 1. The van der Waals surface area contributed by atoms with Crippen LogP contribution >= 0.6 is 0 Å². The number of aromatic nitrogens is 1. The monoisotopic (exact) mass is 273 g/mol. The molecule has 0 aliphatic carbocycles. The fraction of sp³-hybridized carbons (Fsp3) is 0.438. The van der Waals surface area contributed by atoms with E-state index in [4.69, 9.17) is 5.73 Å². The Kier molecular flexibility index (Phi) is 4.14. The largest absolute Gasteiger partial charge is 0.361 e. The highest BCUT2D eigenvalue weighted by Gasteiger charge is 2.23. The van der Waals surface area contributed by atoms with Crippen LogP contribution in [0.25, 0.3) is 10.9 Å². The summed E-state index contributed by atoms with van der Waals surface area (Å²) in [5.41, 5.74) is 7.41. The first-order valence-corrected chi connectivity index (χ1v) is 7.03. The Morgan fingerprint density at radius 3 is 2.75 bits per heavy atom. The standard InChI is InChI=1S/C16H23N3O/c1-4-19(11-16(2,3)10-17)15(20)13-6-5-12-7-8-18-14(12)9-13/h5-9,18H,4,10-11,17H2,1-3H3. The van der Waals surface area contributed by atoms with Crippen LogP contribution in [-0.4, -0.2) is 35.4 Å². The third-order valence-electron chi connectivity index (χ3n) is 3.64. The summed E-state index contributed by atoms with van der Waals surface area (Å²) in [6.45, 7) is 8.07. The third kappa shape index (κ3) is 3.02. The van der Waals surface area contributed by atoms with Crippen molar-refractivity contribution in [3.05, 3.63) is 36.0 Å². The topological polar surface area (TPSA) is 62.1 Å². The van der Waals surface area contributed by atoms with Crippen LogP contribution in [0.2, 0.25) is 0 Å². The Bertz CT molecular complexity index is 601. The second-order valence-corrected chi connectivity index (χ2v) is 5.97. The highest BCUT2D eigenvalue weighted by Crippen LogP contribution is 2.19. The maximum Gasteiger partial charge on any atom is 0.253 e. The van der Waals surface area contributed by atoms with Crippen molar-refractivity contribution in [2.24, 2.45) is 11.1 Å². The molecule has 20 heavy (non-hydrogen) atoms. The molecule has 2 rings (SSSR count). The minimum Gasteiger partial charge on any atom is -0.361 e. The molecule has 0 spiro atoms. The van der Waals surface area contributed by atoms with Crippen LogP contribution < -0.4 is 5.73 Å². The van der Waals surface area contributed by atoms with Gasteiger partial charge in [0.1, 0.15) is 0 Å². The van der Waals surface area contributed by atoms with Gasteiger partial charge in [0.15, 0.2) is 0 Å². The fourth-order valence-electron chi connectivity index (χ4n) is 2.27. The molecule has 2 aromatic rings. The molecule has 3 N–H and O–H groups in total. The minimum atomic E-state index is -0.0673. The predicted molar refractivity (Wildman–Crippen MR) is 82.7 cm³/mol. The van der Waals surface area contributed by atoms with Gasteiger partial charge in [0.2, 0.25) is 0 Å². The van der Waals surface area contributed by atoms with E-state index in [-0.39, 0.29) is 11.3 Å². The van der Waals surface area contributed by atoms with E-state index in [1.54, 1.807) is 0 Å². The maximum atomic E-state index is 12.6. The van der Waals surface area contributed by atoms with Crippen LogP contribution in [0.3, 0.4) is 0 Å². The van der Waals surface area contributed by atoms with Gasteiger partial charge in [-0.1, -0.05) is 19.9 Å². The predicted octanol–water partition coefficient (Wildman–Crippen LogP) is 2.61. The number of nitrogens with two attached hydrogens (primary N) is 1. The van der Waals surface area contributed by atoms with Crippen LogP contribution in [0.15, 0.2) is 30.5 Å². The van der Waals surface area contributed by atoms with Crippen LogP contribution in [0.5, 0.6) is 0 Å². The first-order chi connectivity index (χ1) is 9.46. The number of hydrogen-bond donors (Lipinski definition) is 2. The second-order valence-electron chi connectivity index (χ2n) is 5.97. The Labute approximate surface area is 120 Å². The zero-order valence-corrected chi connectivity index (χ0v) is 12.4. The zero-order valence-electron chi connectivity index (χ0n) is 12.4. The average molecular weight is 273 g/mol. The number of benzene rings is 1. The molecule has 0 saturated heterocycles. The Hall–Kier alpha value is -1.81. The first kappa shape index (κ1) is 14.6. The number of carbonyl (C=O) groups excluding carboxylic acids is 1. The molecule has 4 nitrogen and oxygen atoms in total. The summed E-state index contributed by atoms with van der Waals surface area (Å²) in [4.78, 5) is 17.6. The van der Waals surface area contributed by atoms with Crippen molar-refractivity contribution in [2.75, 3.05) is 19.6 Å². The van der Waals surface area contributed by atoms with Gasteiger partial charge in [-0.25, -0.2) is 0 Å². The lowest BCUT2D eigenvalue weighted by Crippen LogP contribution is -2.41. The van der Waals surface area contributed by atoms with Crippen molar-refractivity contribution in [1.29, 1.82) is 0 Å². The van der Waals surface area contributed by atoms with Crippen molar-refractivity contribution in [3.8, 4) is 0 Å². The van der Waals surface area contributed by atoms with E-state index in [0.717, 1.165) is 16.5 Å². The number of rotatable bonds is 5. The molecule has 1 heterocycles. The molecule has 0 bridgehead atoms. The van der Waals surface area contributed by atoms with Crippen molar-refractivity contribution in [3.63, 3.8) is 0 Å². The van der Waals surface area contributed by atoms with Crippen molar-refractivity contribution >= 4 is 16.8 Å². The van der Waals surface area contributed by atoms with Gasteiger partial charge in [-0.2, -0.15) is 0 Å². The van der Waals surface area contributed by atoms with Gasteiger partial charge in [-0.05, 0) is 42.5 Å². The molecule has 1 aromatic heterocycles. The molecule has 0 atom stereocenters. The van der Waals surface area contributed by atoms with Crippen LogP contribution in [0.4, 0.5) is 0 Å². The lowest BCUT2D eigenvalue weighted by Gasteiger charge is -2.31. The highest BCUT2D eigenvalue weighted by molar-refractivity contribution is 5.97. The molecular weight excluding hydrogens is 250 g/mol. The number of nitrogens with one attached hydrogen (secondary N) is 1. The van der Waals surface area contributed by atoms with Crippen molar-refractivity contribution in [1.82, 2.24) is 9.88 Å². The molecule has 1 amide bonds. The van der Waals surface area contributed by atoms with Gasteiger partial charge in [-0.3, -0.25) is 4.79 Å². The number of carbonyl (C=O) groups is 1. The summed E-state index contributed by atoms with van der Waals surface area (Å²) in [5.74, 6) is 0.0607. The van der Waals surface area contributed by atoms with E-state index in [1.807, 2.05) is 42.3 Å². The molecule has 0 aliphatic heterocycles. The number of hydrogen-bond acceptors (Lipinski definition) is 2. The van der Waals surface area contributed by atoms with Crippen LogP contribution in [0, 0.1) is 5.41 Å². The molecule has 0 unspecified atom stereocenters. The molecule has 108 valence electrons. The second kappa shape index (κ2) is 5.67. The van der Waals surface area contributed by atoms with Crippen LogP contribution in [0.1, 0.15) is 31.1 Å². The Morgan fingerprint density at radius 1 is 1.35 bits per heavy atom. The average Bonchev–Trinajstić information content (AvgIpc) is 2.91. The molecule has 0 saturated carbocycles. The van der Waals surface area contributed by atoms with E-state index < -0.39 is 0 Å². The van der Waals surface area contributed by atoms with Crippen molar-refractivity contribution in [2.45, 2.75) is 20.8 Å². The quantitative estimate of drug-likeness (QED) is 0.879. The number of fused-ring (bicyclic) bond motifs is 1. The van der Waals surface area contributed by atoms with E-state index in [9.17, 15) is 4.79 Å². The normalized spacial score (nSPS) is 11.8. The Morgan fingerprint density at radius 2 is 2.10 bits per heavy atom. The summed E-state index contributed by atoms with van der Waals surface area (Å²) < 4.78 is 0. The Balaban J connectivity index is 2.23. The summed E-state index contributed by atoms with van der Waals surface area (Å²) in [6, 6.07) is 7.77. The van der Waals surface area contributed by atoms with E-state index in [0.29, 0.717) is 19.6 Å². The van der Waals surface area contributed by atoms with E-state index >= 15 is 0 Å². The van der Waals surface area contributed by atoms with Gasteiger partial charge < -0.3 is 15.6 Å². The fourth-order valence-corrected chi connectivity index (χ4v) is 2.27. The van der Waals surface area contributed by atoms with E-state index in [1.165, 1.54) is 0 Å². The number of amides is 1. The number of aromatic amines is 1. The molecule has 4 heteroatoms. The minimum absolute atomic E-state index is 0.0607. The third-order valence-corrected chi connectivity index (χ3v) is 3.64. The SMILES string of the molecule is CCN(CC(C)(C)CN)C(=O)c1ccc2cc[nH]c2c1. The van der Waals surface area contributed by atoms with Gasteiger partial charge in [0.05, 0.1) is 0 Å². The van der Waals surface area contributed by atoms with Gasteiger partial charge in [0, 0.05) is 30.4 Å². The highest BCUT2D eigenvalue weighted by atomic mass is 16.2. The summed E-state index contributed by atoms with van der Waals surface area (Å²) in [7, 11) is 0. The lowest BCUT2D eigenvalue weighted by atomic mass is 9.93. The molecular formula is C16H23N3O. The smallest absolute Gasteiger partial charge is 0.253 e. The molecule has 0 fully saturated rings. The zero-order chi connectivity index (χ0) is 14.8. The van der Waals surface area contributed by atoms with Gasteiger partial charge in [-0.15, -0.1) is 0 Å². The summed E-state index contributed by atoms with van der Waals surface area (Å²) in [5, 5.41) is 1.12. The summed E-state index contributed by atoms with van der Waals surface area (Å²) in [6.07, 6.45) is 1.88. The molecule has 0 radical (unpaired) electrons. The lowest BCUT2D eigenvalue weighted by molar-refractivity contribution is 0.0701.